The van der Waals surface area contributed by atoms with E-state index in [9.17, 15) is 9.59 Å². The summed E-state index contributed by atoms with van der Waals surface area (Å²) in [6, 6.07) is 32.3. The van der Waals surface area contributed by atoms with Crippen molar-refractivity contribution in [1.82, 2.24) is 19.1 Å². The van der Waals surface area contributed by atoms with Crippen molar-refractivity contribution in [2.24, 2.45) is 0 Å². The molecule has 2 aliphatic heterocycles. The average Bonchev–Trinajstić information content (AvgIpc) is 3.52. The van der Waals surface area contributed by atoms with Crippen LogP contribution in [0.5, 0.6) is 0 Å². The Balaban J connectivity index is 0.000000152. The summed E-state index contributed by atoms with van der Waals surface area (Å²) in [5.74, 6) is 8.20. The highest BCUT2D eigenvalue weighted by Gasteiger charge is 2.15. The number of aromatic nitrogens is 4. The van der Waals surface area contributed by atoms with E-state index in [1.807, 2.05) is 69.8 Å². The third-order valence-corrected chi connectivity index (χ3v) is 9.37. The van der Waals surface area contributed by atoms with Crippen molar-refractivity contribution in [2.75, 3.05) is 0 Å². The van der Waals surface area contributed by atoms with Crippen molar-refractivity contribution >= 4 is 21.8 Å². The fourth-order valence-corrected chi connectivity index (χ4v) is 6.71. The predicted octanol–water partition coefficient (Wildman–Crippen LogP) is 7.43. The highest BCUT2D eigenvalue weighted by Crippen LogP contribution is 2.18. The summed E-state index contributed by atoms with van der Waals surface area (Å²) in [4.78, 5) is 35.0. The first-order chi connectivity index (χ1) is 23.6. The lowest BCUT2D eigenvalue weighted by Gasteiger charge is -2.11. The second kappa shape index (κ2) is 14.6. The van der Waals surface area contributed by atoms with Gasteiger partial charge in [0, 0.05) is 37.1 Å². The standard InChI is InChI=1S/C21H22N2O.C21H18N2O/c2*24-21-18-13-12-17(11-10-16-7-3-1-4-8-16)15-19(18)22-20-9-5-2-6-14-23(20)21/h1,3-4,7-8,12-13,15H,2,5-6,9-11,14H2;1,3-4,7-8,12-13,15H,2,5-6,9,14H2. The van der Waals surface area contributed by atoms with Crippen LogP contribution in [0.3, 0.4) is 0 Å². The topological polar surface area (TPSA) is 69.8 Å². The molecule has 48 heavy (non-hydrogen) atoms. The molecular weight excluding hydrogens is 592 g/mol. The Morgan fingerprint density at radius 2 is 1.06 bits per heavy atom. The second-order valence-corrected chi connectivity index (χ2v) is 12.8. The summed E-state index contributed by atoms with van der Waals surface area (Å²) in [6.45, 7) is 1.60. The number of fused-ring (bicyclic) bond motifs is 4. The van der Waals surface area contributed by atoms with E-state index < -0.39 is 0 Å². The summed E-state index contributed by atoms with van der Waals surface area (Å²) < 4.78 is 3.74. The maximum Gasteiger partial charge on any atom is 0.261 e. The van der Waals surface area contributed by atoms with E-state index in [0.29, 0.717) is 5.39 Å². The van der Waals surface area contributed by atoms with Gasteiger partial charge < -0.3 is 0 Å². The molecule has 0 N–H and O–H groups in total. The molecule has 4 heterocycles. The first kappa shape index (κ1) is 31.3. The van der Waals surface area contributed by atoms with Crippen LogP contribution in [0.15, 0.2) is 107 Å². The van der Waals surface area contributed by atoms with Crippen molar-refractivity contribution in [1.29, 1.82) is 0 Å². The van der Waals surface area contributed by atoms with Gasteiger partial charge >= 0.3 is 0 Å². The van der Waals surface area contributed by atoms with Gasteiger partial charge in [0.05, 0.1) is 21.8 Å². The summed E-state index contributed by atoms with van der Waals surface area (Å²) in [5, 5.41) is 1.44. The van der Waals surface area contributed by atoms with Crippen LogP contribution in [-0.2, 0) is 38.8 Å². The average molecular weight is 633 g/mol. The maximum absolute atomic E-state index is 12.7. The molecule has 0 unspecified atom stereocenters. The molecule has 8 rings (SSSR count). The molecule has 0 fully saturated rings. The lowest BCUT2D eigenvalue weighted by Crippen LogP contribution is -2.24. The molecule has 0 saturated heterocycles. The van der Waals surface area contributed by atoms with Gasteiger partial charge in [-0.25, -0.2) is 9.97 Å². The Kier molecular flexibility index (Phi) is 9.56. The van der Waals surface area contributed by atoms with E-state index in [-0.39, 0.29) is 11.1 Å². The molecule has 0 saturated carbocycles. The quantitative estimate of drug-likeness (QED) is 0.190. The number of benzene rings is 4. The Morgan fingerprint density at radius 1 is 0.521 bits per heavy atom. The number of hydrogen-bond donors (Lipinski definition) is 0. The van der Waals surface area contributed by atoms with Gasteiger partial charge in [-0.05, 0) is 92.1 Å². The van der Waals surface area contributed by atoms with Gasteiger partial charge in [-0.15, -0.1) is 0 Å². The lowest BCUT2D eigenvalue weighted by molar-refractivity contribution is 0.614. The molecule has 240 valence electrons. The van der Waals surface area contributed by atoms with E-state index in [0.717, 1.165) is 110 Å². The summed E-state index contributed by atoms with van der Waals surface area (Å²) in [5.41, 5.74) is 6.28. The minimum absolute atomic E-state index is 0.0828. The van der Waals surface area contributed by atoms with Gasteiger partial charge in [0.2, 0.25) is 0 Å². The maximum atomic E-state index is 12.7. The van der Waals surface area contributed by atoms with Gasteiger partial charge in [0.15, 0.2) is 0 Å². The predicted molar refractivity (Wildman–Crippen MR) is 193 cm³/mol. The number of nitrogens with zero attached hydrogens (tertiary/aromatic N) is 4. The van der Waals surface area contributed by atoms with Crippen LogP contribution in [-0.4, -0.2) is 19.1 Å². The minimum Gasteiger partial charge on any atom is -0.296 e. The summed E-state index contributed by atoms with van der Waals surface area (Å²) >= 11 is 0. The lowest BCUT2D eigenvalue weighted by atomic mass is 10.0. The van der Waals surface area contributed by atoms with Crippen LogP contribution in [0.1, 0.15) is 72.4 Å². The van der Waals surface area contributed by atoms with Crippen LogP contribution >= 0.6 is 0 Å². The molecule has 6 heteroatoms. The van der Waals surface area contributed by atoms with E-state index in [4.69, 9.17) is 9.97 Å². The molecule has 0 spiro atoms. The fourth-order valence-electron chi connectivity index (χ4n) is 6.71. The molecule has 6 aromatic rings. The molecule has 4 aromatic carbocycles. The highest BCUT2D eigenvalue weighted by molar-refractivity contribution is 5.80. The van der Waals surface area contributed by atoms with Crippen LogP contribution in [0.4, 0.5) is 0 Å². The molecule has 2 aromatic heterocycles. The van der Waals surface area contributed by atoms with Crippen LogP contribution < -0.4 is 11.1 Å². The third-order valence-electron chi connectivity index (χ3n) is 9.37. The molecule has 0 amide bonds. The largest absolute Gasteiger partial charge is 0.296 e. The van der Waals surface area contributed by atoms with Crippen molar-refractivity contribution < 1.29 is 0 Å². The van der Waals surface area contributed by atoms with Crippen molar-refractivity contribution in [3.05, 3.63) is 152 Å². The number of rotatable bonds is 3. The first-order valence-corrected chi connectivity index (χ1v) is 17.3. The molecule has 0 atom stereocenters. The van der Waals surface area contributed by atoms with Crippen LogP contribution in [0.2, 0.25) is 0 Å². The van der Waals surface area contributed by atoms with Crippen molar-refractivity contribution in [3.63, 3.8) is 0 Å². The molecule has 2 aliphatic rings. The Bertz CT molecular complexity index is 2240. The number of aryl methyl sites for hydroxylation is 4. The molecular formula is C42H40N4O2. The molecule has 0 bridgehead atoms. The zero-order valence-electron chi connectivity index (χ0n) is 27.3. The van der Waals surface area contributed by atoms with Gasteiger partial charge in [-0.1, -0.05) is 79.3 Å². The molecule has 0 aliphatic carbocycles. The monoisotopic (exact) mass is 632 g/mol. The smallest absolute Gasteiger partial charge is 0.261 e. The van der Waals surface area contributed by atoms with E-state index in [1.54, 1.807) is 0 Å². The Hall–Kier alpha value is -5.28. The summed E-state index contributed by atoms with van der Waals surface area (Å²) in [7, 11) is 0. The van der Waals surface area contributed by atoms with Gasteiger partial charge in [-0.3, -0.25) is 18.7 Å². The van der Waals surface area contributed by atoms with E-state index in [1.165, 1.54) is 17.5 Å². The third kappa shape index (κ3) is 7.16. The second-order valence-electron chi connectivity index (χ2n) is 12.8. The normalized spacial score (nSPS) is 14.0. The van der Waals surface area contributed by atoms with Crippen LogP contribution in [0.25, 0.3) is 21.8 Å². The Labute approximate surface area is 281 Å². The van der Waals surface area contributed by atoms with E-state index in [2.05, 4.69) is 48.2 Å². The van der Waals surface area contributed by atoms with E-state index >= 15 is 0 Å². The minimum atomic E-state index is 0.0828. The Morgan fingerprint density at radius 3 is 1.71 bits per heavy atom. The van der Waals surface area contributed by atoms with Crippen LogP contribution in [0, 0.1) is 11.8 Å². The first-order valence-electron chi connectivity index (χ1n) is 17.3. The van der Waals surface area contributed by atoms with Crippen molar-refractivity contribution in [2.45, 2.75) is 77.3 Å². The molecule has 0 radical (unpaired) electrons. The van der Waals surface area contributed by atoms with Gasteiger partial charge in [0.25, 0.3) is 11.1 Å². The summed E-state index contributed by atoms with van der Waals surface area (Å²) in [6.07, 6.45) is 10.5. The fraction of sp³-hybridized carbons (Fsp3) is 0.286. The number of hydrogen-bond acceptors (Lipinski definition) is 4. The van der Waals surface area contributed by atoms with Gasteiger partial charge in [0.1, 0.15) is 11.6 Å². The highest BCUT2D eigenvalue weighted by atomic mass is 16.1. The molecule has 6 nitrogen and oxygen atoms in total. The SMILES string of the molecule is O=c1c2ccc(C#Cc3ccccc3)cc2nc2n1CCCCC2.O=c1c2ccc(CCc3ccccc3)cc2nc2n1CCCCC2. The van der Waals surface area contributed by atoms with Gasteiger partial charge in [-0.2, -0.15) is 0 Å². The zero-order chi connectivity index (χ0) is 32.7. The zero-order valence-corrected chi connectivity index (χ0v) is 27.3. The van der Waals surface area contributed by atoms with Crippen molar-refractivity contribution in [3.8, 4) is 11.8 Å².